The van der Waals surface area contributed by atoms with E-state index in [1.165, 1.54) is 23.9 Å². The van der Waals surface area contributed by atoms with Crippen LogP contribution in [0.15, 0.2) is 53.7 Å². The molecule has 0 fully saturated rings. The Balaban J connectivity index is 1.74. The van der Waals surface area contributed by atoms with Crippen molar-refractivity contribution in [3.05, 3.63) is 59.4 Å². The van der Waals surface area contributed by atoms with Gasteiger partial charge in [-0.15, -0.1) is 10.2 Å². The molecule has 1 amide bonds. The molecule has 2 aromatic carbocycles. The molecule has 1 heterocycles. The second-order valence-electron chi connectivity index (χ2n) is 5.57. The molecule has 0 aliphatic heterocycles. The maximum absolute atomic E-state index is 13.7. The normalized spacial score (nSPS) is 12.0. The molecule has 0 bridgehead atoms. The Morgan fingerprint density at radius 1 is 1.19 bits per heavy atom. The first-order chi connectivity index (χ1) is 12.5. The summed E-state index contributed by atoms with van der Waals surface area (Å²) in [7, 11) is 1.81. The maximum atomic E-state index is 13.7. The average Bonchev–Trinajstić information content (AvgIpc) is 2.98. The van der Waals surface area contributed by atoms with Crippen LogP contribution in [0.3, 0.4) is 0 Å². The summed E-state index contributed by atoms with van der Waals surface area (Å²) in [6, 6.07) is 13.4. The van der Waals surface area contributed by atoms with E-state index in [1.807, 2.05) is 25.2 Å². The SMILES string of the molecule is CC(Sc1nnc(-c2ccccc2Cl)n1C)C(=O)Nc1ccccc1F. The third-order valence-electron chi connectivity index (χ3n) is 3.73. The molecular weight excluding hydrogens is 375 g/mol. The molecule has 0 aliphatic carbocycles. The van der Waals surface area contributed by atoms with Gasteiger partial charge in [0.25, 0.3) is 0 Å². The summed E-state index contributed by atoms with van der Waals surface area (Å²) in [5, 5.41) is 11.6. The van der Waals surface area contributed by atoms with Crippen molar-refractivity contribution < 1.29 is 9.18 Å². The van der Waals surface area contributed by atoms with Crippen LogP contribution in [0.5, 0.6) is 0 Å². The van der Waals surface area contributed by atoms with Crippen molar-refractivity contribution in [3.63, 3.8) is 0 Å². The van der Waals surface area contributed by atoms with E-state index in [-0.39, 0.29) is 11.6 Å². The summed E-state index contributed by atoms with van der Waals surface area (Å²) in [6.45, 7) is 1.73. The van der Waals surface area contributed by atoms with Gasteiger partial charge in [-0.2, -0.15) is 0 Å². The number of hydrogen-bond acceptors (Lipinski definition) is 4. The van der Waals surface area contributed by atoms with Gasteiger partial charge < -0.3 is 9.88 Å². The first-order valence-electron chi connectivity index (χ1n) is 7.83. The Labute approximate surface area is 159 Å². The number of carbonyl (C=O) groups excluding carboxylic acids is 1. The number of benzene rings is 2. The van der Waals surface area contributed by atoms with Crippen LogP contribution in [-0.2, 0) is 11.8 Å². The quantitative estimate of drug-likeness (QED) is 0.656. The molecule has 3 aromatic rings. The second kappa shape index (κ2) is 7.88. The maximum Gasteiger partial charge on any atom is 0.237 e. The van der Waals surface area contributed by atoms with Gasteiger partial charge in [-0.05, 0) is 31.2 Å². The number of carbonyl (C=O) groups is 1. The third-order valence-corrected chi connectivity index (χ3v) is 5.20. The van der Waals surface area contributed by atoms with E-state index in [0.717, 1.165) is 5.56 Å². The highest BCUT2D eigenvalue weighted by atomic mass is 35.5. The van der Waals surface area contributed by atoms with E-state index in [2.05, 4.69) is 15.5 Å². The fourth-order valence-electron chi connectivity index (χ4n) is 2.30. The largest absolute Gasteiger partial charge is 0.323 e. The molecule has 3 rings (SSSR count). The van der Waals surface area contributed by atoms with Crippen LogP contribution >= 0.6 is 23.4 Å². The minimum Gasteiger partial charge on any atom is -0.323 e. The molecule has 0 aliphatic rings. The van der Waals surface area contributed by atoms with E-state index in [9.17, 15) is 9.18 Å². The highest BCUT2D eigenvalue weighted by Gasteiger charge is 2.20. The Kier molecular flexibility index (Phi) is 5.58. The molecule has 1 unspecified atom stereocenters. The summed E-state index contributed by atoms with van der Waals surface area (Å²) in [4.78, 5) is 12.3. The lowest BCUT2D eigenvalue weighted by atomic mass is 10.2. The summed E-state index contributed by atoms with van der Waals surface area (Å²) in [5.41, 5.74) is 0.916. The van der Waals surface area contributed by atoms with Crippen molar-refractivity contribution in [1.29, 1.82) is 0 Å². The van der Waals surface area contributed by atoms with Crippen LogP contribution in [0, 0.1) is 5.82 Å². The summed E-state index contributed by atoms with van der Waals surface area (Å²) < 4.78 is 15.4. The van der Waals surface area contributed by atoms with E-state index in [1.54, 1.807) is 29.7 Å². The van der Waals surface area contributed by atoms with Gasteiger partial charge in [-0.1, -0.05) is 47.6 Å². The molecule has 26 heavy (non-hydrogen) atoms. The number of hydrogen-bond donors (Lipinski definition) is 1. The Hall–Kier alpha value is -2.38. The van der Waals surface area contributed by atoms with Crippen molar-refractivity contribution in [2.24, 2.45) is 7.05 Å². The lowest BCUT2D eigenvalue weighted by Crippen LogP contribution is -2.23. The summed E-state index contributed by atoms with van der Waals surface area (Å²) in [6.07, 6.45) is 0. The van der Waals surface area contributed by atoms with E-state index >= 15 is 0 Å². The van der Waals surface area contributed by atoms with Crippen LogP contribution in [0.4, 0.5) is 10.1 Å². The van der Waals surface area contributed by atoms with Gasteiger partial charge in [0.2, 0.25) is 5.91 Å². The van der Waals surface area contributed by atoms with Gasteiger partial charge >= 0.3 is 0 Å². The number of para-hydroxylation sites is 1. The number of thioether (sulfide) groups is 1. The molecule has 1 aromatic heterocycles. The number of amides is 1. The second-order valence-corrected chi connectivity index (χ2v) is 7.29. The molecule has 0 spiro atoms. The van der Waals surface area contributed by atoms with Gasteiger partial charge in [-0.25, -0.2) is 4.39 Å². The number of aromatic nitrogens is 3. The fourth-order valence-corrected chi connectivity index (χ4v) is 3.34. The summed E-state index contributed by atoms with van der Waals surface area (Å²) >= 11 is 7.45. The Bertz CT molecular complexity index is 946. The van der Waals surface area contributed by atoms with E-state index in [0.29, 0.717) is 16.0 Å². The Morgan fingerprint density at radius 2 is 1.88 bits per heavy atom. The number of rotatable bonds is 5. The average molecular weight is 391 g/mol. The molecule has 0 radical (unpaired) electrons. The number of nitrogens with one attached hydrogen (secondary N) is 1. The van der Waals surface area contributed by atoms with E-state index in [4.69, 9.17) is 11.6 Å². The van der Waals surface area contributed by atoms with Crippen LogP contribution in [0.1, 0.15) is 6.92 Å². The van der Waals surface area contributed by atoms with Gasteiger partial charge in [0.05, 0.1) is 16.0 Å². The molecule has 0 saturated carbocycles. The predicted octanol–water partition coefficient (Wildman–Crippen LogP) is 4.39. The number of nitrogens with zero attached hydrogens (tertiary/aromatic N) is 3. The summed E-state index contributed by atoms with van der Waals surface area (Å²) in [5.74, 6) is -0.181. The van der Waals surface area contributed by atoms with Crippen molar-refractivity contribution in [2.45, 2.75) is 17.3 Å². The lowest BCUT2D eigenvalue weighted by Gasteiger charge is -2.12. The van der Waals surface area contributed by atoms with Gasteiger partial charge in [-0.3, -0.25) is 4.79 Å². The minimum absolute atomic E-state index is 0.152. The molecule has 0 saturated heterocycles. The first-order valence-corrected chi connectivity index (χ1v) is 9.09. The lowest BCUT2D eigenvalue weighted by molar-refractivity contribution is -0.115. The van der Waals surface area contributed by atoms with Crippen molar-refractivity contribution in [1.82, 2.24) is 14.8 Å². The molecule has 8 heteroatoms. The van der Waals surface area contributed by atoms with E-state index < -0.39 is 11.1 Å². The van der Waals surface area contributed by atoms with Gasteiger partial charge in [0.1, 0.15) is 5.82 Å². The molecule has 134 valence electrons. The van der Waals surface area contributed by atoms with Crippen LogP contribution in [-0.4, -0.2) is 25.9 Å². The minimum atomic E-state index is -0.489. The van der Waals surface area contributed by atoms with Crippen LogP contribution in [0.2, 0.25) is 5.02 Å². The molecule has 5 nitrogen and oxygen atoms in total. The molecule has 1 N–H and O–H groups in total. The van der Waals surface area contributed by atoms with Crippen LogP contribution < -0.4 is 5.32 Å². The standard InChI is InChI=1S/C18H16ClFN4OS/c1-11(17(25)21-15-10-6-5-9-14(15)20)26-18-23-22-16(24(18)2)12-7-3-4-8-13(12)19/h3-11H,1-2H3,(H,21,25). The van der Waals surface area contributed by atoms with Crippen molar-refractivity contribution in [2.75, 3.05) is 5.32 Å². The zero-order chi connectivity index (χ0) is 18.7. The molecule has 1 atom stereocenters. The third kappa shape index (κ3) is 3.89. The zero-order valence-corrected chi connectivity index (χ0v) is 15.7. The highest BCUT2D eigenvalue weighted by Crippen LogP contribution is 2.30. The number of halogens is 2. The van der Waals surface area contributed by atoms with Gasteiger partial charge in [0.15, 0.2) is 11.0 Å². The highest BCUT2D eigenvalue weighted by molar-refractivity contribution is 8.00. The monoisotopic (exact) mass is 390 g/mol. The Morgan fingerprint density at radius 3 is 2.62 bits per heavy atom. The number of anilines is 1. The predicted molar refractivity (Wildman–Crippen MR) is 102 cm³/mol. The fraction of sp³-hybridized carbons (Fsp3) is 0.167. The molecular formula is C18H16ClFN4OS. The van der Waals surface area contributed by atoms with Gasteiger partial charge in [0, 0.05) is 12.6 Å². The topological polar surface area (TPSA) is 59.8 Å². The van der Waals surface area contributed by atoms with Crippen molar-refractivity contribution >= 4 is 35.0 Å². The van der Waals surface area contributed by atoms with Crippen LogP contribution in [0.25, 0.3) is 11.4 Å². The smallest absolute Gasteiger partial charge is 0.237 e. The first kappa shape index (κ1) is 18.4. The van der Waals surface area contributed by atoms with Crippen molar-refractivity contribution in [3.8, 4) is 11.4 Å². The zero-order valence-electron chi connectivity index (χ0n) is 14.1.